The summed E-state index contributed by atoms with van der Waals surface area (Å²) in [6, 6.07) is 11.1. The number of halogens is 1. The molecule has 1 atom stereocenters. The average molecular weight is 326 g/mol. The first-order chi connectivity index (χ1) is 9.79. The van der Waals surface area contributed by atoms with Crippen LogP contribution >= 0.6 is 11.6 Å². The fraction of sp³-hybridized carbons (Fsp3) is 0.200. The number of hydrogen-bond donors (Lipinski definition) is 2. The number of aliphatic hydroxyl groups excluding tert-OH is 1. The van der Waals surface area contributed by atoms with Gasteiger partial charge in [-0.1, -0.05) is 29.8 Å². The number of anilines is 1. The molecule has 112 valence electrons. The van der Waals surface area contributed by atoms with Crippen LogP contribution in [0.5, 0.6) is 0 Å². The Morgan fingerprint density at radius 3 is 2.29 bits per heavy atom. The van der Waals surface area contributed by atoms with E-state index in [1.165, 1.54) is 12.1 Å². The molecule has 2 N–H and O–H groups in total. The van der Waals surface area contributed by atoms with Gasteiger partial charge < -0.3 is 5.11 Å². The average Bonchev–Trinajstić information content (AvgIpc) is 2.43. The Labute approximate surface area is 129 Å². The molecule has 0 bridgehead atoms. The summed E-state index contributed by atoms with van der Waals surface area (Å²) < 4.78 is 27.0. The Morgan fingerprint density at radius 2 is 1.76 bits per heavy atom. The highest BCUT2D eigenvalue weighted by Crippen LogP contribution is 2.23. The molecular weight excluding hydrogens is 310 g/mol. The molecule has 0 saturated carbocycles. The highest BCUT2D eigenvalue weighted by Gasteiger charge is 2.15. The third-order valence-electron chi connectivity index (χ3n) is 3.10. The first-order valence-electron chi connectivity index (χ1n) is 6.36. The molecule has 0 spiro atoms. The topological polar surface area (TPSA) is 66.4 Å². The third kappa shape index (κ3) is 3.75. The minimum Gasteiger partial charge on any atom is -0.389 e. The number of hydrogen-bond acceptors (Lipinski definition) is 3. The second kappa shape index (κ2) is 6.05. The van der Waals surface area contributed by atoms with Gasteiger partial charge in [0, 0.05) is 5.02 Å². The summed E-state index contributed by atoms with van der Waals surface area (Å²) in [7, 11) is -3.68. The summed E-state index contributed by atoms with van der Waals surface area (Å²) in [4.78, 5) is 0.128. The summed E-state index contributed by atoms with van der Waals surface area (Å²) in [5, 5.41) is 9.93. The minimum absolute atomic E-state index is 0.128. The van der Waals surface area contributed by atoms with Crippen molar-refractivity contribution >= 4 is 27.3 Å². The van der Waals surface area contributed by atoms with Gasteiger partial charge in [-0.15, -0.1) is 0 Å². The largest absolute Gasteiger partial charge is 0.389 e. The van der Waals surface area contributed by atoms with Gasteiger partial charge in [0.2, 0.25) is 0 Å². The summed E-state index contributed by atoms with van der Waals surface area (Å²) in [5.41, 5.74) is 1.94. The fourth-order valence-corrected chi connectivity index (χ4v) is 3.03. The van der Waals surface area contributed by atoms with Gasteiger partial charge >= 0.3 is 0 Å². The van der Waals surface area contributed by atoms with Crippen LogP contribution < -0.4 is 4.72 Å². The molecule has 0 radical (unpaired) electrons. The molecule has 0 aromatic heterocycles. The predicted molar refractivity (Wildman–Crippen MR) is 84.1 cm³/mol. The van der Waals surface area contributed by atoms with Crippen LogP contribution in [-0.4, -0.2) is 13.5 Å². The van der Waals surface area contributed by atoms with Gasteiger partial charge in [-0.3, -0.25) is 4.72 Å². The van der Waals surface area contributed by atoms with E-state index in [9.17, 15) is 13.5 Å². The maximum absolute atomic E-state index is 12.3. The zero-order valence-corrected chi connectivity index (χ0v) is 13.2. The highest BCUT2D eigenvalue weighted by atomic mass is 35.5. The Balaban J connectivity index is 2.27. The van der Waals surface area contributed by atoms with Gasteiger partial charge in [-0.05, 0) is 49.2 Å². The molecule has 0 aliphatic rings. The van der Waals surface area contributed by atoms with E-state index >= 15 is 0 Å². The number of benzene rings is 2. The number of aliphatic hydroxyl groups is 1. The Hall–Kier alpha value is -1.56. The molecule has 0 heterocycles. The van der Waals surface area contributed by atoms with E-state index in [-0.39, 0.29) is 4.90 Å². The lowest BCUT2D eigenvalue weighted by atomic mass is 10.1. The van der Waals surface area contributed by atoms with Gasteiger partial charge in [-0.25, -0.2) is 8.42 Å². The summed E-state index contributed by atoms with van der Waals surface area (Å²) in [6.07, 6.45) is -0.634. The van der Waals surface area contributed by atoms with Crippen LogP contribution in [-0.2, 0) is 10.0 Å². The van der Waals surface area contributed by atoms with Gasteiger partial charge in [0.15, 0.2) is 0 Å². The zero-order valence-electron chi connectivity index (χ0n) is 11.7. The van der Waals surface area contributed by atoms with Crippen LogP contribution in [0.15, 0.2) is 47.4 Å². The van der Waals surface area contributed by atoms with E-state index < -0.39 is 16.1 Å². The number of sulfonamides is 1. The molecule has 2 rings (SSSR count). The number of rotatable bonds is 4. The molecule has 0 saturated heterocycles. The van der Waals surface area contributed by atoms with Crippen LogP contribution in [0.4, 0.5) is 5.69 Å². The second-order valence-electron chi connectivity index (χ2n) is 4.81. The predicted octanol–water partition coefficient (Wildman–Crippen LogP) is 3.50. The third-order valence-corrected chi connectivity index (χ3v) is 4.90. The molecule has 4 nitrogen and oxygen atoms in total. The van der Waals surface area contributed by atoms with Gasteiger partial charge in [0.05, 0.1) is 16.7 Å². The lowest BCUT2D eigenvalue weighted by Gasteiger charge is -2.10. The lowest BCUT2D eigenvalue weighted by Crippen LogP contribution is -2.13. The van der Waals surface area contributed by atoms with E-state index in [0.717, 1.165) is 5.56 Å². The van der Waals surface area contributed by atoms with Crippen molar-refractivity contribution in [1.29, 1.82) is 0 Å². The molecular formula is C15H16ClNO3S. The van der Waals surface area contributed by atoms with E-state index in [4.69, 9.17) is 11.6 Å². The fourth-order valence-electron chi connectivity index (χ4n) is 1.80. The lowest BCUT2D eigenvalue weighted by molar-refractivity contribution is 0.199. The molecule has 6 heteroatoms. The van der Waals surface area contributed by atoms with Crippen molar-refractivity contribution in [2.75, 3.05) is 4.72 Å². The molecule has 21 heavy (non-hydrogen) atoms. The summed E-state index contributed by atoms with van der Waals surface area (Å²) >= 11 is 5.98. The van der Waals surface area contributed by atoms with Gasteiger partial charge in [-0.2, -0.15) is 0 Å². The van der Waals surface area contributed by atoms with E-state index in [2.05, 4.69) is 4.72 Å². The monoisotopic (exact) mass is 325 g/mol. The Bertz CT molecular complexity index is 740. The molecule has 0 aliphatic carbocycles. The van der Waals surface area contributed by atoms with Crippen LogP contribution in [0.25, 0.3) is 0 Å². The van der Waals surface area contributed by atoms with E-state index in [1.54, 1.807) is 37.3 Å². The standard InChI is InChI=1S/C15H16ClNO3S/c1-10-3-6-13(9-15(10)16)17-21(19,20)14-7-4-12(5-8-14)11(2)18/h3-9,11,17-18H,1-2H3. The smallest absolute Gasteiger partial charge is 0.261 e. The van der Waals surface area contributed by atoms with Crippen LogP contribution in [0, 0.1) is 6.92 Å². The maximum atomic E-state index is 12.3. The Kier molecular flexibility index (Phi) is 4.56. The molecule has 0 amide bonds. The summed E-state index contributed by atoms with van der Waals surface area (Å²) in [5.74, 6) is 0. The van der Waals surface area contributed by atoms with Crippen molar-refractivity contribution in [3.8, 4) is 0 Å². The quantitative estimate of drug-likeness (QED) is 0.904. The maximum Gasteiger partial charge on any atom is 0.261 e. The first-order valence-corrected chi connectivity index (χ1v) is 8.23. The van der Waals surface area contributed by atoms with Crippen molar-refractivity contribution in [3.63, 3.8) is 0 Å². The minimum atomic E-state index is -3.68. The van der Waals surface area contributed by atoms with Crippen molar-refractivity contribution in [2.24, 2.45) is 0 Å². The van der Waals surface area contributed by atoms with Crippen LogP contribution in [0.2, 0.25) is 5.02 Å². The zero-order chi connectivity index (χ0) is 15.6. The highest BCUT2D eigenvalue weighted by molar-refractivity contribution is 7.92. The molecule has 2 aromatic carbocycles. The first kappa shape index (κ1) is 15.8. The van der Waals surface area contributed by atoms with Gasteiger partial charge in [0.1, 0.15) is 0 Å². The number of nitrogens with one attached hydrogen (secondary N) is 1. The Morgan fingerprint density at radius 1 is 1.14 bits per heavy atom. The van der Waals surface area contributed by atoms with E-state index in [0.29, 0.717) is 16.3 Å². The van der Waals surface area contributed by atoms with Crippen LogP contribution in [0.3, 0.4) is 0 Å². The van der Waals surface area contributed by atoms with E-state index in [1.807, 2.05) is 6.92 Å². The van der Waals surface area contributed by atoms with Crippen molar-refractivity contribution < 1.29 is 13.5 Å². The number of aryl methyl sites for hydroxylation is 1. The van der Waals surface area contributed by atoms with Gasteiger partial charge in [0.25, 0.3) is 10.0 Å². The molecule has 0 aliphatic heterocycles. The molecule has 2 aromatic rings. The molecule has 1 unspecified atom stereocenters. The summed E-state index contributed by atoms with van der Waals surface area (Å²) in [6.45, 7) is 3.46. The second-order valence-corrected chi connectivity index (χ2v) is 6.90. The normalized spacial score (nSPS) is 13.0. The van der Waals surface area contributed by atoms with Crippen molar-refractivity contribution in [2.45, 2.75) is 24.8 Å². The van der Waals surface area contributed by atoms with Crippen LogP contribution in [0.1, 0.15) is 24.2 Å². The van der Waals surface area contributed by atoms with Crippen molar-refractivity contribution in [3.05, 3.63) is 58.6 Å². The van der Waals surface area contributed by atoms with Crippen molar-refractivity contribution in [1.82, 2.24) is 0 Å². The SMILES string of the molecule is Cc1ccc(NS(=O)(=O)c2ccc(C(C)O)cc2)cc1Cl. The molecule has 0 fully saturated rings.